The summed E-state index contributed by atoms with van der Waals surface area (Å²) < 4.78 is 4.51. The standard InChI is InChI=1S/C5H11NO3/c1-3-9-6-5(7)4-8-2/h3-4H2,1-2H3,(H,6,7). The molecule has 0 spiro atoms. The molecule has 0 aromatic carbocycles. The maximum Gasteiger partial charge on any atom is 0.269 e. The Morgan fingerprint density at radius 1 is 1.67 bits per heavy atom. The Morgan fingerprint density at radius 2 is 2.33 bits per heavy atom. The summed E-state index contributed by atoms with van der Waals surface area (Å²) in [6, 6.07) is 0. The van der Waals surface area contributed by atoms with Gasteiger partial charge in [0.25, 0.3) is 5.91 Å². The van der Waals surface area contributed by atoms with Crippen molar-refractivity contribution in [1.82, 2.24) is 5.48 Å². The number of amides is 1. The van der Waals surface area contributed by atoms with E-state index < -0.39 is 0 Å². The van der Waals surface area contributed by atoms with Crippen molar-refractivity contribution in [2.75, 3.05) is 20.3 Å². The summed E-state index contributed by atoms with van der Waals surface area (Å²) in [7, 11) is 1.45. The molecule has 0 heterocycles. The van der Waals surface area contributed by atoms with E-state index in [-0.39, 0.29) is 12.5 Å². The second-order valence-electron chi connectivity index (χ2n) is 1.39. The Kier molecular flexibility index (Phi) is 5.15. The van der Waals surface area contributed by atoms with Gasteiger partial charge in [0, 0.05) is 7.11 Å². The van der Waals surface area contributed by atoms with Gasteiger partial charge in [-0.1, -0.05) is 0 Å². The van der Waals surface area contributed by atoms with Crippen LogP contribution in [0.4, 0.5) is 0 Å². The summed E-state index contributed by atoms with van der Waals surface area (Å²) in [4.78, 5) is 15.0. The molecule has 1 amide bonds. The molecule has 0 fully saturated rings. The van der Waals surface area contributed by atoms with Crippen molar-refractivity contribution in [3.63, 3.8) is 0 Å². The number of carbonyl (C=O) groups excluding carboxylic acids is 1. The molecule has 4 heteroatoms. The van der Waals surface area contributed by atoms with Crippen molar-refractivity contribution in [3.8, 4) is 0 Å². The number of rotatable bonds is 4. The lowest BCUT2D eigenvalue weighted by Crippen LogP contribution is -2.27. The van der Waals surface area contributed by atoms with Gasteiger partial charge in [-0.05, 0) is 6.92 Å². The van der Waals surface area contributed by atoms with Crippen LogP contribution < -0.4 is 5.48 Å². The van der Waals surface area contributed by atoms with E-state index in [0.29, 0.717) is 6.61 Å². The van der Waals surface area contributed by atoms with E-state index in [1.54, 1.807) is 6.92 Å². The maximum atomic E-state index is 10.4. The highest BCUT2D eigenvalue weighted by atomic mass is 16.7. The maximum absolute atomic E-state index is 10.4. The molecule has 9 heavy (non-hydrogen) atoms. The minimum absolute atomic E-state index is 0.0417. The molecule has 1 N–H and O–H groups in total. The van der Waals surface area contributed by atoms with Crippen LogP contribution in [0.1, 0.15) is 6.92 Å². The predicted molar refractivity (Wildman–Crippen MR) is 31.6 cm³/mol. The molecular formula is C5H11NO3. The van der Waals surface area contributed by atoms with Gasteiger partial charge in [-0.15, -0.1) is 0 Å². The van der Waals surface area contributed by atoms with Crippen molar-refractivity contribution in [3.05, 3.63) is 0 Å². The summed E-state index contributed by atoms with van der Waals surface area (Å²) in [5.74, 6) is -0.264. The Balaban J connectivity index is 3.06. The number of hydroxylamine groups is 1. The van der Waals surface area contributed by atoms with Crippen LogP contribution in [0.3, 0.4) is 0 Å². The van der Waals surface area contributed by atoms with Crippen LogP contribution >= 0.6 is 0 Å². The summed E-state index contributed by atoms with van der Waals surface area (Å²) in [5, 5.41) is 0. The largest absolute Gasteiger partial charge is 0.375 e. The van der Waals surface area contributed by atoms with Gasteiger partial charge in [0.2, 0.25) is 0 Å². The first kappa shape index (κ1) is 8.39. The lowest BCUT2D eigenvalue weighted by Gasteiger charge is -2.00. The van der Waals surface area contributed by atoms with E-state index in [1.165, 1.54) is 7.11 Å². The van der Waals surface area contributed by atoms with Crippen molar-refractivity contribution in [2.24, 2.45) is 0 Å². The molecule has 0 rings (SSSR count). The fourth-order valence-corrected chi connectivity index (χ4v) is 0.313. The molecule has 0 aliphatic carbocycles. The fourth-order valence-electron chi connectivity index (χ4n) is 0.313. The van der Waals surface area contributed by atoms with Gasteiger partial charge in [0.05, 0.1) is 6.61 Å². The second kappa shape index (κ2) is 5.53. The molecule has 0 unspecified atom stereocenters. The van der Waals surface area contributed by atoms with Crippen molar-refractivity contribution in [1.29, 1.82) is 0 Å². The minimum Gasteiger partial charge on any atom is -0.375 e. The zero-order valence-corrected chi connectivity index (χ0v) is 5.64. The van der Waals surface area contributed by atoms with Crippen LogP contribution in [0, 0.1) is 0 Å². The van der Waals surface area contributed by atoms with Gasteiger partial charge in [-0.2, -0.15) is 0 Å². The lowest BCUT2D eigenvalue weighted by molar-refractivity contribution is -0.136. The fraction of sp³-hybridized carbons (Fsp3) is 0.800. The van der Waals surface area contributed by atoms with Gasteiger partial charge in [-0.25, -0.2) is 5.48 Å². The molecule has 0 aliphatic heterocycles. The number of hydrogen-bond donors (Lipinski definition) is 1. The van der Waals surface area contributed by atoms with Crippen LogP contribution in [-0.4, -0.2) is 26.2 Å². The van der Waals surface area contributed by atoms with Crippen LogP contribution in [0.5, 0.6) is 0 Å². The topological polar surface area (TPSA) is 47.6 Å². The third-order valence-electron chi connectivity index (χ3n) is 0.606. The molecule has 0 aliphatic rings. The van der Waals surface area contributed by atoms with Gasteiger partial charge >= 0.3 is 0 Å². The van der Waals surface area contributed by atoms with Crippen LogP contribution in [-0.2, 0) is 14.4 Å². The van der Waals surface area contributed by atoms with E-state index in [9.17, 15) is 4.79 Å². The Bertz CT molecular complexity index is 84.3. The van der Waals surface area contributed by atoms with Crippen LogP contribution in [0.2, 0.25) is 0 Å². The quantitative estimate of drug-likeness (QED) is 0.535. The first-order valence-electron chi connectivity index (χ1n) is 2.70. The number of hydrogen-bond acceptors (Lipinski definition) is 3. The lowest BCUT2D eigenvalue weighted by atomic mass is 10.7. The first-order valence-corrected chi connectivity index (χ1v) is 2.70. The number of carbonyl (C=O) groups is 1. The summed E-state index contributed by atoms with van der Waals surface area (Å²) in [5.41, 5.74) is 2.17. The molecule has 0 aromatic rings. The van der Waals surface area contributed by atoms with Crippen LogP contribution in [0.25, 0.3) is 0 Å². The highest BCUT2D eigenvalue weighted by Crippen LogP contribution is 1.69. The third-order valence-corrected chi connectivity index (χ3v) is 0.606. The molecule has 0 bridgehead atoms. The molecule has 0 saturated heterocycles. The summed E-state index contributed by atoms with van der Waals surface area (Å²) in [6.45, 7) is 2.29. The molecule has 54 valence electrons. The summed E-state index contributed by atoms with van der Waals surface area (Å²) >= 11 is 0. The van der Waals surface area contributed by atoms with E-state index in [0.717, 1.165) is 0 Å². The zero-order valence-electron chi connectivity index (χ0n) is 5.64. The van der Waals surface area contributed by atoms with Crippen LogP contribution in [0.15, 0.2) is 0 Å². The molecule has 0 aromatic heterocycles. The Morgan fingerprint density at radius 3 is 2.78 bits per heavy atom. The predicted octanol–water partition coefficient (Wildman–Crippen LogP) is -0.300. The van der Waals surface area contributed by atoms with E-state index in [2.05, 4.69) is 15.1 Å². The Labute approximate surface area is 54.1 Å². The molecule has 4 nitrogen and oxygen atoms in total. The van der Waals surface area contributed by atoms with Crippen molar-refractivity contribution >= 4 is 5.91 Å². The van der Waals surface area contributed by atoms with E-state index >= 15 is 0 Å². The minimum atomic E-state index is -0.264. The SMILES string of the molecule is CCONC(=O)COC. The normalized spacial score (nSPS) is 9.11. The summed E-state index contributed by atoms with van der Waals surface area (Å²) in [6.07, 6.45) is 0. The third kappa shape index (κ3) is 5.26. The number of ether oxygens (including phenoxy) is 1. The second-order valence-corrected chi connectivity index (χ2v) is 1.39. The number of nitrogens with one attached hydrogen (secondary N) is 1. The highest BCUT2D eigenvalue weighted by Gasteiger charge is 1.95. The zero-order chi connectivity index (χ0) is 7.11. The highest BCUT2D eigenvalue weighted by molar-refractivity contribution is 5.75. The molecule has 0 radical (unpaired) electrons. The molecule has 0 saturated carbocycles. The monoisotopic (exact) mass is 133 g/mol. The van der Waals surface area contributed by atoms with Gasteiger partial charge in [0.1, 0.15) is 6.61 Å². The molecular weight excluding hydrogens is 122 g/mol. The average Bonchev–Trinajstić information content (AvgIpc) is 1.85. The molecule has 0 atom stereocenters. The first-order chi connectivity index (χ1) is 4.31. The number of methoxy groups -OCH3 is 1. The Hall–Kier alpha value is -0.610. The van der Waals surface area contributed by atoms with Gasteiger partial charge in [0.15, 0.2) is 0 Å². The van der Waals surface area contributed by atoms with Gasteiger partial charge < -0.3 is 4.74 Å². The van der Waals surface area contributed by atoms with E-state index in [4.69, 9.17) is 0 Å². The van der Waals surface area contributed by atoms with Gasteiger partial charge in [-0.3, -0.25) is 9.63 Å². The smallest absolute Gasteiger partial charge is 0.269 e. The van der Waals surface area contributed by atoms with Crippen molar-refractivity contribution < 1.29 is 14.4 Å². The average molecular weight is 133 g/mol. The van der Waals surface area contributed by atoms with Crippen molar-refractivity contribution in [2.45, 2.75) is 6.92 Å². The van der Waals surface area contributed by atoms with E-state index in [1.807, 2.05) is 0 Å².